The average Bonchev–Trinajstić information content (AvgIpc) is 3.98. The number of benzene rings is 8. The van der Waals surface area contributed by atoms with Gasteiger partial charge in [-0.1, -0.05) is 146 Å². The van der Waals surface area contributed by atoms with Gasteiger partial charge < -0.3 is 0 Å². The molecule has 0 spiro atoms. The molecule has 0 fully saturated rings. The van der Waals surface area contributed by atoms with Crippen LogP contribution in [0.1, 0.15) is 0 Å². The van der Waals surface area contributed by atoms with E-state index in [1.807, 2.05) is 70.4 Å². The molecule has 6 heteroatoms. The zero-order chi connectivity index (χ0) is 37.5. The lowest BCUT2D eigenvalue weighted by Gasteiger charge is -2.11. The molecular weight excluding hydrogens is 751 g/mol. The van der Waals surface area contributed by atoms with E-state index < -0.39 is 0 Å². The second-order valence-corrected chi connectivity index (χ2v) is 17.4. The van der Waals surface area contributed by atoms with Crippen molar-refractivity contribution in [2.45, 2.75) is 0 Å². The van der Waals surface area contributed by atoms with E-state index in [-0.39, 0.29) is 0 Å². The summed E-state index contributed by atoms with van der Waals surface area (Å²) in [5.41, 5.74) is 7.94. The Kier molecular flexibility index (Phi) is 7.45. The Morgan fingerprint density at radius 2 is 0.754 bits per heavy atom. The molecule has 0 saturated carbocycles. The molecule has 3 nitrogen and oxygen atoms in total. The minimum atomic E-state index is 0.661. The van der Waals surface area contributed by atoms with Gasteiger partial charge in [0.15, 0.2) is 17.5 Å². The maximum absolute atomic E-state index is 5.15. The summed E-state index contributed by atoms with van der Waals surface area (Å²) in [6, 6.07) is 63.0. The third-order valence-corrected chi connectivity index (χ3v) is 14.6. The average molecular weight is 780 g/mol. The number of hydrogen-bond acceptors (Lipinski definition) is 6. The smallest absolute Gasteiger partial charge is 0.164 e. The summed E-state index contributed by atoms with van der Waals surface area (Å²) in [5, 5.41) is 7.60. The number of rotatable bonds is 5. The van der Waals surface area contributed by atoms with E-state index in [2.05, 4.69) is 140 Å². The minimum Gasteiger partial charge on any atom is -0.208 e. The van der Waals surface area contributed by atoms with Crippen LogP contribution in [0.2, 0.25) is 0 Å². The summed E-state index contributed by atoms with van der Waals surface area (Å²) >= 11 is 5.63. The number of nitrogens with zero attached hydrogens (tertiary/aromatic N) is 3. The maximum atomic E-state index is 5.15. The molecule has 0 aliphatic heterocycles. The van der Waals surface area contributed by atoms with Crippen molar-refractivity contribution in [2.24, 2.45) is 0 Å². The van der Waals surface area contributed by atoms with Crippen molar-refractivity contribution in [2.75, 3.05) is 0 Å². The SMILES string of the molecule is c1ccc(-c2nc(-c3ccccc3)nc(-c3cccc4sc5c(-c6cc(-c7cccc8c7sc7ccccc78)cc7c6sc6ccccc67)cccc5c34)n2)cc1. The summed E-state index contributed by atoms with van der Waals surface area (Å²) in [7, 11) is 0. The second kappa shape index (κ2) is 13.0. The van der Waals surface area contributed by atoms with Crippen LogP contribution in [0.4, 0.5) is 0 Å². The molecule has 0 atom stereocenters. The zero-order valence-corrected chi connectivity index (χ0v) is 32.8. The highest BCUT2D eigenvalue weighted by atomic mass is 32.1. The molecule has 12 aromatic rings. The zero-order valence-electron chi connectivity index (χ0n) is 30.3. The fourth-order valence-electron chi connectivity index (χ4n) is 8.33. The van der Waals surface area contributed by atoms with Gasteiger partial charge in [-0.2, -0.15) is 0 Å². The van der Waals surface area contributed by atoms with Gasteiger partial charge in [0, 0.05) is 88.3 Å². The third kappa shape index (κ3) is 5.26. The molecule has 8 aromatic carbocycles. The summed E-state index contributed by atoms with van der Waals surface area (Å²) in [5.74, 6) is 1.99. The van der Waals surface area contributed by atoms with Crippen molar-refractivity contribution >= 4 is 94.5 Å². The predicted molar refractivity (Wildman–Crippen MR) is 246 cm³/mol. The molecule has 4 aromatic heterocycles. The van der Waals surface area contributed by atoms with Crippen LogP contribution in [0.15, 0.2) is 176 Å². The van der Waals surface area contributed by atoms with E-state index in [1.165, 1.54) is 82.8 Å². The van der Waals surface area contributed by atoms with Crippen molar-refractivity contribution in [3.05, 3.63) is 176 Å². The van der Waals surface area contributed by atoms with Crippen LogP contribution in [-0.4, -0.2) is 15.0 Å². The molecule has 0 aliphatic rings. The molecule has 0 N–H and O–H groups in total. The molecule has 0 unspecified atom stereocenters. The first kappa shape index (κ1) is 32.7. The van der Waals surface area contributed by atoms with Crippen molar-refractivity contribution in [3.63, 3.8) is 0 Å². The first-order valence-corrected chi connectivity index (χ1v) is 21.4. The van der Waals surface area contributed by atoms with E-state index in [0.717, 1.165) is 16.7 Å². The molecule has 57 heavy (non-hydrogen) atoms. The normalized spacial score (nSPS) is 11.9. The van der Waals surface area contributed by atoms with Crippen LogP contribution in [0.5, 0.6) is 0 Å². The Hall–Kier alpha value is -6.57. The highest BCUT2D eigenvalue weighted by Crippen LogP contribution is 2.49. The van der Waals surface area contributed by atoms with E-state index in [9.17, 15) is 0 Å². The quantitative estimate of drug-likeness (QED) is 0.175. The van der Waals surface area contributed by atoms with Gasteiger partial charge in [-0.15, -0.1) is 34.0 Å². The fourth-order valence-corrected chi connectivity index (χ4v) is 12.0. The Balaban J connectivity index is 1.11. The predicted octanol–water partition coefficient (Wildman–Crippen LogP) is 15.3. The number of aromatic nitrogens is 3. The lowest BCUT2D eigenvalue weighted by molar-refractivity contribution is 1.08. The van der Waals surface area contributed by atoms with Gasteiger partial charge in [-0.25, -0.2) is 15.0 Å². The summed E-state index contributed by atoms with van der Waals surface area (Å²) in [4.78, 5) is 15.3. The molecular formula is C51H29N3S3. The maximum Gasteiger partial charge on any atom is 0.164 e. The molecule has 266 valence electrons. The van der Waals surface area contributed by atoms with Crippen molar-refractivity contribution in [1.29, 1.82) is 0 Å². The van der Waals surface area contributed by atoms with Gasteiger partial charge in [-0.3, -0.25) is 0 Å². The molecule has 0 aliphatic carbocycles. The lowest BCUT2D eigenvalue weighted by atomic mass is 9.94. The molecule has 0 amide bonds. The lowest BCUT2D eigenvalue weighted by Crippen LogP contribution is -2.00. The van der Waals surface area contributed by atoms with Crippen LogP contribution in [0.25, 0.3) is 117 Å². The van der Waals surface area contributed by atoms with Gasteiger partial charge in [0.05, 0.1) is 0 Å². The number of thiophene rings is 3. The molecule has 0 bridgehead atoms. The second-order valence-electron chi connectivity index (χ2n) is 14.3. The minimum absolute atomic E-state index is 0.661. The summed E-state index contributed by atoms with van der Waals surface area (Å²) < 4.78 is 7.72. The molecule has 12 rings (SSSR count). The van der Waals surface area contributed by atoms with E-state index in [1.54, 1.807) is 0 Å². The van der Waals surface area contributed by atoms with Gasteiger partial charge in [0.1, 0.15) is 0 Å². The van der Waals surface area contributed by atoms with Gasteiger partial charge in [-0.05, 0) is 41.5 Å². The highest BCUT2D eigenvalue weighted by molar-refractivity contribution is 7.27. The van der Waals surface area contributed by atoms with Crippen LogP contribution in [0.3, 0.4) is 0 Å². The highest BCUT2D eigenvalue weighted by Gasteiger charge is 2.21. The Morgan fingerprint density at radius 3 is 1.46 bits per heavy atom. The van der Waals surface area contributed by atoms with Gasteiger partial charge in [0.25, 0.3) is 0 Å². The largest absolute Gasteiger partial charge is 0.208 e. The summed E-state index contributed by atoms with van der Waals surface area (Å²) in [6.45, 7) is 0. The van der Waals surface area contributed by atoms with Crippen LogP contribution < -0.4 is 0 Å². The van der Waals surface area contributed by atoms with E-state index >= 15 is 0 Å². The number of hydrogen-bond donors (Lipinski definition) is 0. The first-order valence-electron chi connectivity index (χ1n) is 18.9. The monoisotopic (exact) mass is 779 g/mol. The van der Waals surface area contributed by atoms with Crippen LogP contribution in [-0.2, 0) is 0 Å². The molecule has 4 heterocycles. The van der Waals surface area contributed by atoms with Gasteiger partial charge in [0.2, 0.25) is 0 Å². The first-order chi connectivity index (χ1) is 28.2. The Labute approximate surface area is 339 Å². The Bertz CT molecular complexity index is 3470. The third-order valence-electron chi connectivity index (χ3n) is 10.9. The van der Waals surface area contributed by atoms with Crippen LogP contribution >= 0.6 is 34.0 Å². The molecule has 0 saturated heterocycles. The summed E-state index contributed by atoms with van der Waals surface area (Å²) in [6.07, 6.45) is 0. The van der Waals surface area contributed by atoms with E-state index in [0.29, 0.717) is 17.5 Å². The van der Waals surface area contributed by atoms with Crippen LogP contribution in [0, 0.1) is 0 Å². The van der Waals surface area contributed by atoms with Gasteiger partial charge >= 0.3 is 0 Å². The van der Waals surface area contributed by atoms with E-state index in [4.69, 9.17) is 15.0 Å². The fraction of sp³-hybridized carbons (Fsp3) is 0. The number of fused-ring (bicyclic) bond motifs is 9. The standard InChI is InChI=1S/C51H29N3S3/c1-3-14-30(15-4-1)49-52-50(31-16-5-2-6-17-31)54-51(53-49)39-24-13-27-44-45(39)38-23-12-22-37(47(38)57-44)41-29-32(28-40-35-19-8-10-26-43(35)56-48(40)41)33-20-11-21-36-34-18-7-9-25-42(34)55-46(33)36/h1-29H. The van der Waals surface area contributed by atoms with Crippen molar-refractivity contribution in [3.8, 4) is 56.4 Å². The van der Waals surface area contributed by atoms with Crippen molar-refractivity contribution < 1.29 is 0 Å². The molecule has 0 radical (unpaired) electrons. The topological polar surface area (TPSA) is 38.7 Å². The Morgan fingerprint density at radius 1 is 0.281 bits per heavy atom. The van der Waals surface area contributed by atoms with Crippen molar-refractivity contribution in [1.82, 2.24) is 15.0 Å².